The SMILES string of the molecule is CC(C)(C)OC(=O)N1CCC[C@@H](Cc2nc(-c3cnc4ccc(F)cn34)ncc2C#N)C1.N#Cc1cnc(-c2cnc3ccc(F)cn23)nc1C[C@@H]1CCCNC1.N#Cc1cnc(-c2cnc3ccc(F)cn23)nc1Cl. The third kappa shape index (κ3) is 12.0. The van der Waals surface area contributed by atoms with Crippen LogP contribution in [0.4, 0.5) is 18.0 Å². The summed E-state index contributed by atoms with van der Waals surface area (Å²) in [7, 11) is 0. The van der Waals surface area contributed by atoms with Crippen molar-refractivity contribution < 1.29 is 22.7 Å². The first-order chi connectivity index (χ1) is 36.7. The number of nitrogens with one attached hydrogen (secondary N) is 1. The fourth-order valence-corrected chi connectivity index (χ4v) is 9.04. The average Bonchev–Trinajstić information content (AvgIpc) is 4.16. The number of likely N-dealkylation sites (tertiary alicyclic amines) is 1. The number of aromatic nitrogens is 12. The highest BCUT2D eigenvalue weighted by Crippen LogP contribution is 2.27. The first-order valence-corrected chi connectivity index (χ1v) is 24.6. The van der Waals surface area contributed by atoms with Crippen molar-refractivity contribution in [1.82, 2.24) is 68.3 Å². The Labute approximate surface area is 438 Å². The van der Waals surface area contributed by atoms with Crippen molar-refractivity contribution in [1.29, 1.82) is 15.8 Å². The molecule has 2 atom stereocenters. The highest BCUT2D eigenvalue weighted by Gasteiger charge is 2.29. The molecule has 0 unspecified atom stereocenters. The Balaban J connectivity index is 0.000000144. The molecule has 19 nitrogen and oxygen atoms in total. The van der Waals surface area contributed by atoms with Gasteiger partial charge in [-0.2, -0.15) is 15.8 Å². The van der Waals surface area contributed by atoms with Gasteiger partial charge in [-0.3, -0.25) is 13.2 Å². The molecule has 2 fully saturated rings. The summed E-state index contributed by atoms with van der Waals surface area (Å²) >= 11 is 5.85. The van der Waals surface area contributed by atoms with Gasteiger partial charge in [0.25, 0.3) is 0 Å². The van der Waals surface area contributed by atoms with Crippen LogP contribution in [0.3, 0.4) is 0 Å². The fraction of sp³-hybridized carbons (Fsp3) is 0.302. The maximum Gasteiger partial charge on any atom is 0.410 e. The van der Waals surface area contributed by atoms with Crippen LogP contribution in [-0.4, -0.2) is 101 Å². The summed E-state index contributed by atoms with van der Waals surface area (Å²) in [6.45, 7) is 8.72. The Bertz CT molecular complexity index is 3730. The van der Waals surface area contributed by atoms with E-state index in [1.165, 1.54) is 59.8 Å². The van der Waals surface area contributed by atoms with Gasteiger partial charge >= 0.3 is 6.09 Å². The minimum absolute atomic E-state index is 0.0545. The molecule has 11 heterocycles. The van der Waals surface area contributed by atoms with Gasteiger partial charge in [0.05, 0.1) is 47.3 Å². The van der Waals surface area contributed by atoms with Crippen molar-refractivity contribution in [3.05, 3.63) is 143 Å². The molecule has 2 aliphatic heterocycles. The van der Waals surface area contributed by atoms with E-state index >= 15 is 0 Å². The lowest BCUT2D eigenvalue weighted by Crippen LogP contribution is -2.43. The van der Waals surface area contributed by atoms with E-state index in [0.29, 0.717) is 87.9 Å². The summed E-state index contributed by atoms with van der Waals surface area (Å²) in [5.74, 6) is 0.569. The number of nitriles is 3. The van der Waals surface area contributed by atoms with Gasteiger partial charge in [0.15, 0.2) is 22.6 Å². The van der Waals surface area contributed by atoms with Gasteiger partial charge in [0.2, 0.25) is 0 Å². The summed E-state index contributed by atoms with van der Waals surface area (Å²) in [6.07, 6.45) is 18.1. The van der Waals surface area contributed by atoms with Crippen LogP contribution in [0.2, 0.25) is 5.15 Å². The third-order valence-electron chi connectivity index (χ3n) is 12.5. The standard InChI is InChI=1S/C23H25FN6O2.C18H17FN6.C12H5ClFN5/c1-23(2,3)32-22(31)29-8-4-5-15(13-29)9-18-16(10-25)11-27-21(28-18)19-12-26-20-7-6-17(24)14-30(19)20;19-14-3-4-17-22-10-16(25(17)11-14)18-23-9-13(7-20)15(24-18)6-12-2-1-5-21-8-12;13-11-7(3-15)4-17-12(18-11)9-5-16-10-2-1-8(14)6-19(9)10/h6-7,11-12,14-15H,4-5,8-9,13H2,1-3H3;3-4,9-12,21H,1-2,5-6,8H2;1-2,4-6H/t15-;12-;/m00./s1. The van der Waals surface area contributed by atoms with Crippen LogP contribution in [-0.2, 0) is 17.6 Å². The van der Waals surface area contributed by atoms with E-state index in [4.69, 9.17) is 21.6 Å². The molecule has 384 valence electrons. The van der Waals surface area contributed by atoms with E-state index < -0.39 is 17.2 Å². The van der Waals surface area contributed by atoms with Crippen molar-refractivity contribution in [3.8, 4) is 52.8 Å². The Morgan fingerprint density at radius 1 is 0.645 bits per heavy atom. The van der Waals surface area contributed by atoms with Crippen molar-refractivity contribution in [3.63, 3.8) is 0 Å². The summed E-state index contributed by atoms with van der Waals surface area (Å²) in [4.78, 5) is 52.8. The van der Waals surface area contributed by atoms with Crippen molar-refractivity contribution in [2.45, 2.75) is 64.9 Å². The smallest absolute Gasteiger partial charge is 0.410 e. The van der Waals surface area contributed by atoms with E-state index in [2.05, 4.69) is 62.3 Å². The Kier molecular flexibility index (Phi) is 15.5. The maximum atomic E-state index is 13.7. The molecule has 2 saturated heterocycles. The predicted octanol–water partition coefficient (Wildman–Crippen LogP) is 8.79. The molecule has 0 saturated carbocycles. The summed E-state index contributed by atoms with van der Waals surface area (Å²) in [6, 6.07) is 15.0. The van der Waals surface area contributed by atoms with Gasteiger partial charge in [-0.15, -0.1) is 0 Å². The quantitative estimate of drug-likeness (QED) is 0.147. The Morgan fingerprint density at radius 2 is 1.09 bits per heavy atom. The molecule has 0 aromatic carbocycles. The predicted molar refractivity (Wildman–Crippen MR) is 271 cm³/mol. The lowest BCUT2D eigenvalue weighted by Gasteiger charge is -2.34. The molecule has 0 radical (unpaired) electrons. The summed E-state index contributed by atoms with van der Waals surface area (Å²) in [5.41, 5.74) is 5.31. The van der Waals surface area contributed by atoms with Gasteiger partial charge < -0.3 is 15.0 Å². The third-order valence-corrected chi connectivity index (χ3v) is 12.8. The maximum absolute atomic E-state index is 13.7. The minimum atomic E-state index is -0.549. The number of nitrogens with zero attached hydrogens (tertiary/aromatic N) is 16. The second-order valence-corrected chi connectivity index (χ2v) is 19.4. The first kappa shape index (κ1) is 52.0. The number of hydrogen-bond acceptors (Lipinski definition) is 15. The Hall–Kier alpha value is -8.91. The van der Waals surface area contributed by atoms with Gasteiger partial charge in [-0.25, -0.2) is 62.8 Å². The Morgan fingerprint density at radius 3 is 1.53 bits per heavy atom. The second kappa shape index (κ2) is 22.7. The fourth-order valence-electron chi connectivity index (χ4n) is 8.87. The molecular weight excluding hydrogens is 999 g/mol. The molecule has 23 heteroatoms. The number of carbonyl (C=O) groups is 1. The van der Waals surface area contributed by atoms with Gasteiger partial charge in [0.1, 0.15) is 80.8 Å². The molecule has 1 amide bonds. The number of halogens is 4. The lowest BCUT2D eigenvalue weighted by molar-refractivity contribution is 0.0165. The zero-order chi connectivity index (χ0) is 53.5. The normalized spacial score (nSPS) is 15.4. The number of ether oxygens (including phenoxy) is 1. The van der Waals surface area contributed by atoms with Gasteiger partial charge in [-0.1, -0.05) is 11.6 Å². The van der Waals surface area contributed by atoms with E-state index in [9.17, 15) is 28.5 Å². The van der Waals surface area contributed by atoms with Gasteiger partial charge in [-0.05, 0) is 121 Å². The highest BCUT2D eigenvalue weighted by atomic mass is 35.5. The monoisotopic (exact) mass is 1050 g/mol. The van der Waals surface area contributed by atoms with Crippen molar-refractivity contribution >= 4 is 34.6 Å². The molecule has 76 heavy (non-hydrogen) atoms. The molecule has 1 N–H and O–H groups in total. The molecule has 0 spiro atoms. The zero-order valence-electron chi connectivity index (χ0n) is 41.4. The summed E-state index contributed by atoms with van der Waals surface area (Å²) in [5, 5.41) is 31.1. The number of pyridine rings is 3. The lowest BCUT2D eigenvalue weighted by atomic mass is 9.92. The van der Waals surface area contributed by atoms with Crippen LogP contribution >= 0.6 is 11.6 Å². The zero-order valence-corrected chi connectivity index (χ0v) is 42.1. The van der Waals surface area contributed by atoms with Crippen LogP contribution in [0, 0.1) is 63.3 Å². The number of piperidine rings is 2. The number of carbonyl (C=O) groups excluding carboxylic acids is 1. The first-order valence-electron chi connectivity index (χ1n) is 24.2. The topological polar surface area (TPSA) is 242 Å². The van der Waals surface area contributed by atoms with Crippen LogP contribution < -0.4 is 5.32 Å². The van der Waals surface area contributed by atoms with E-state index in [1.807, 2.05) is 26.8 Å². The molecule has 9 aromatic rings. The molecule has 2 aliphatic rings. The molecular formula is C53H47ClF3N17O2. The van der Waals surface area contributed by atoms with Crippen LogP contribution in [0.1, 0.15) is 74.5 Å². The molecule has 0 aliphatic carbocycles. The van der Waals surface area contributed by atoms with Crippen molar-refractivity contribution in [2.24, 2.45) is 11.8 Å². The van der Waals surface area contributed by atoms with E-state index in [1.54, 1.807) is 50.5 Å². The van der Waals surface area contributed by atoms with Crippen LogP contribution in [0.5, 0.6) is 0 Å². The number of amides is 1. The molecule has 11 rings (SSSR count). The van der Waals surface area contributed by atoms with Crippen LogP contribution in [0.15, 0.2) is 92.2 Å². The number of hydrogen-bond donors (Lipinski definition) is 1. The van der Waals surface area contributed by atoms with Gasteiger partial charge in [0, 0.05) is 44.1 Å². The number of fused-ring (bicyclic) bond motifs is 3. The number of imidazole rings is 3. The summed E-state index contributed by atoms with van der Waals surface area (Å²) < 4.78 is 50.8. The molecule has 0 bridgehead atoms. The largest absolute Gasteiger partial charge is 0.444 e. The van der Waals surface area contributed by atoms with Crippen LogP contribution in [0.25, 0.3) is 51.5 Å². The average molecular weight is 1050 g/mol. The second-order valence-electron chi connectivity index (χ2n) is 19.1. The minimum Gasteiger partial charge on any atom is -0.444 e. The van der Waals surface area contributed by atoms with E-state index in [-0.39, 0.29) is 34.4 Å². The van der Waals surface area contributed by atoms with Crippen molar-refractivity contribution in [2.75, 3.05) is 26.2 Å². The highest BCUT2D eigenvalue weighted by molar-refractivity contribution is 6.30. The van der Waals surface area contributed by atoms with E-state index in [0.717, 1.165) is 50.9 Å². The molecule has 9 aromatic heterocycles. The number of rotatable bonds is 7.